The number of alkyl halides is 3. The molecule has 1 atom stereocenters. The van der Waals surface area contributed by atoms with Gasteiger partial charge < -0.3 is 14.9 Å². The number of nitrogens with zero attached hydrogens (tertiary/aromatic N) is 1. The van der Waals surface area contributed by atoms with Crippen LogP contribution in [0.2, 0.25) is 0 Å². The van der Waals surface area contributed by atoms with Gasteiger partial charge in [0.2, 0.25) is 0 Å². The number of halogens is 3. The lowest BCUT2D eigenvalue weighted by atomic mass is 10.0. The predicted molar refractivity (Wildman–Crippen MR) is 80.3 cm³/mol. The smallest absolute Gasteiger partial charge is 0.394 e. The summed E-state index contributed by atoms with van der Waals surface area (Å²) in [4.78, 5) is 12.4. The number of hydrogen-bond donors (Lipinski definition) is 2. The van der Waals surface area contributed by atoms with Gasteiger partial charge in [0.15, 0.2) is 0 Å². The number of amides is 1. The van der Waals surface area contributed by atoms with E-state index in [9.17, 15) is 23.1 Å². The van der Waals surface area contributed by atoms with Crippen LogP contribution >= 0.6 is 0 Å². The average Bonchev–Trinajstić information content (AvgIpc) is 2.93. The Hall–Kier alpha value is -2.35. The zero-order valence-corrected chi connectivity index (χ0v) is 13.1. The topological polar surface area (TPSA) is 75.4 Å². The van der Waals surface area contributed by atoms with E-state index in [-0.39, 0.29) is 23.6 Å². The number of carbonyl (C=O) groups excluding carboxylic acids is 1. The van der Waals surface area contributed by atoms with Crippen LogP contribution in [0.4, 0.5) is 13.2 Å². The van der Waals surface area contributed by atoms with Crippen molar-refractivity contribution in [2.24, 2.45) is 0 Å². The van der Waals surface area contributed by atoms with Crippen LogP contribution in [-0.2, 0) is 6.18 Å². The Balaban J connectivity index is 2.34. The van der Waals surface area contributed by atoms with Gasteiger partial charge in [0.05, 0.1) is 18.2 Å². The van der Waals surface area contributed by atoms with Crippen LogP contribution in [0.25, 0.3) is 11.3 Å². The van der Waals surface area contributed by atoms with Crippen molar-refractivity contribution in [2.45, 2.75) is 32.5 Å². The monoisotopic (exact) mass is 342 g/mol. The first-order chi connectivity index (χ1) is 11.3. The zero-order chi connectivity index (χ0) is 17.9. The average molecular weight is 342 g/mol. The molecule has 0 aliphatic heterocycles. The molecular weight excluding hydrogens is 325 g/mol. The fraction of sp³-hybridized carbons (Fsp3) is 0.375. The summed E-state index contributed by atoms with van der Waals surface area (Å²) in [5.74, 6) is -0.250. The normalized spacial score (nSPS) is 12.9. The van der Waals surface area contributed by atoms with E-state index in [1.165, 1.54) is 19.1 Å². The van der Waals surface area contributed by atoms with Crippen LogP contribution in [0.5, 0.6) is 0 Å². The van der Waals surface area contributed by atoms with Gasteiger partial charge >= 0.3 is 6.18 Å². The first-order valence-electron chi connectivity index (χ1n) is 7.33. The van der Waals surface area contributed by atoms with Gasteiger partial charge in [-0.25, -0.2) is 0 Å². The summed E-state index contributed by atoms with van der Waals surface area (Å²) in [6, 6.07) is 3.89. The van der Waals surface area contributed by atoms with Gasteiger partial charge in [-0.05, 0) is 25.5 Å². The van der Waals surface area contributed by atoms with E-state index >= 15 is 0 Å². The Morgan fingerprint density at radius 2 is 1.96 bits per heavy atom. The maximum absolute atomic E-state index is 12.6. The van der Waals surface area contributed by atoms with Gasteiger partial charge in [-0.2, -0.15) is 13.2 Å². The van der Waals surface area contributed by atoms with Crippen molar-refractivity contribution in [1.29, 1.82) is 0 Å². The molecule has 1 heterocycles. The standard InChI is InChI=1S/C16H17F3N2O3/c1-3-12(8-22)20-15(23)13-9(2)24-21-14(13)10-4-6-11(7-5-10)16(17,18)19/h4-7,12,22H,3,8H2,1-2H3,(H,20,23)/t12-/m1/s1. The maximum Gasteiger partial charge on any atom is 0.416 e. The zero-order valence-electron chi connectivity index (χ0n) is 13.1. The molecule has 130 valence electrons. The van der Waals surface area contributed by atoms with Crippen LogP contribution in [0.3, 0.4) is 0 Å². The fourth-order valence-electron chi connectivity index (χ4n) is 2.19. The number of aliphatic hydroxyl groups excluding tert-OH is 1. The van der Waals surface area contributed by atoms with Gasteiger partial charge in [-0.15, -0.1) is 0 Å². The molecule has 2 N–H and O–H groups in total. The summed E-state index contributed by atoms with van der Waals surface area (Å²) in [5, 5.41) is 15.6. The van der Waals surface area contributed by atoms with E-state index in [0.29, 0.717) is 12.0 Å². The van der Waals surface area contributed by atoms with E-state index in [1.807, 2.05) is 0 Å². The van der Waals surface area contributed by atoms with Gasteiger partial charge in [0, 0.05) is 5.56 Å². The third-order valence-corrected chi connectivity index (χ3v) is 3.62. The first kappa shape index (κ1) is 18.0. The van der Waals surface area contributed by atoms with Gasteiger partial charge in [-0.3, -0.25) is 4.79 Å². The van der Waals surface area contributed by atoms with Crippen LogP contribution in [0, 0.1) is 6.92 Å². The number of carbonyl (C=O) groups is 1. The largest absolute Gasteiger partial charge is 0.416 e. The Labute approximate surface area is 136 Å². The minimum atomic E-state index is -4.44. The number of aromatic nitrogens is 1. The highest BCUT2D eigenvalue weighted by atomic mass is 19.4. The molecule has 24 heavy (non-hydrogen) atoms. The molecule has 0 bridgehead atoms. The molecule has 1 aromatic carbocycles. The lowest BCUT2D eigenvalue weighted by molar-refractivity contribution is -0.137. The second kappa shape index (κ2) is 7.04. The molecule has 0 spiro atoms. The summed E-state index contributed by atoms with van der Waals surface area (Å²) >= 11 is 0. The quantitative estimate of drug-likeness (QED) is 0.875. The highest BCUT2D eigenvalue weighted by Gasteiger charge is 2.30. The predicted octanol–water partition coefficient (Wildman–Crippen LogP) is 3.17. The van der Waals surface area contributed by atoms with Gasteiger partial charge in [0.1, 0.15) is 17.0 Å². The van der Waals surface area contributed by atoms with E-state index in [2.05, 4.69) is 10.5 Å². The summed E-state index contributed by atoms with van der Waals surface area (Å²) in [5.41, 5.74) is -0.154. The highest BCUT2D eigenvalue weighted by Crippen LogP contribution is 2.32. The van der Waals surface area contributed by atoms with E-state index in [1.54, 1.807) is 6.92 Å². The van der Waals surface area contributed by atoms with Crippen molar-refractivity contribution in [2.75, 3.05) is 6.61 Å². The Morgan fingerprint density at radius 3 is 2.46 bits per heavy atom. The number of benzene rings is 1. The maximum atomic E-state index is 12.6. The Bertz CT molecular complexity index is 704. The van der Waals surface area contributed by atoms with Crippen LogP contribution < -0.4 is 5.32 Å². The van der Waals surface area contributed by atoms with Crippen molar-refractivity contribution in [3.63, 3.8) is 0 Å². The molecule has 1 amide bonds. The van der Waals surface area contributed by atoms with E-state index < -0.39 is 23.7 Å². The molecule has 2 rings (SSSR count). The molecule has 0 radical (unpaired) electrons. The van der Waals surface area contributed by atoms with Crippen molar-refractivity contribution in [3.05, 3.63) is 41.2 Å². The van der Waals surface area contributed by atoms with Crippen molar-refractivity contribution < 1.29 is 27.6 Å². The van der Waals surface area contributed by atoms with Crippen molar-refractivity contribution >= 4 is 5.91 Å². The van der Waals surface area contributed by atoms with Crippen LogP contribution in [0.1, 0.15) is 35.0 Å². The molecule has 0 saturated heterocycles. The minimum absolute atomic E-state index is 0.140. The van der Waals surface area contributed by atoms with Crippen LogP contribution in [-0.4, -0.2) is 28.8 Å². The third kappa shape index (κ3) is 3.76. The van der Waals surface area contributed by atoms with Gasteiger partial charge in [-0.1, -0.05) is 24.2 Å². The lowest BCUT2D eigenvalue weighted by Crippen LogP contribution is -2.37. The highest BCUT2D eigenvalue weighted by molar-refractivity contribution is 6.00. The molecular formula is C16H17F3N2O3. The second-order valence-corrected chi connectivity index (χ2v) is 5.30. The molecule has 1 aromatic heterocycles. The van der Waals surface area contributed by atoms with Crippen molar-refractivity contribution in [3.8, 4) is 11.3 Å². The molecule has 2 aromatic rings. The van der Waals surface area contributed by atoms with Gasteiger partial charge in [0.25, 0.3) is 5.91 Å². The number of nitrogens with one attached hydrogen (secondary N) is 1. The Kier molecular flexibility index (Phi) is 5.28. The third-order valence-electron chi connectivity index (χ3n) is 3.62. The molecule has 8 heteroatoms. The van der Waals surface area contributed by atoms with E-state index in [4.69, 9.17) is 4.52 Å². The number of hydrogen-bond acceptors (Lipinski definition) is 4. The molecule has 0 fully saturated rings. The number of aryl methyl sites for hydroxylation is 1. The lowest BCUT2D eigenvalue weighted by Gasteiger charge is -2.14. The number of rotatable bonds is 5. The summed E-state index contributed by atoms with van der Waals surface area (Å²) < 4.78 is 42.9. The molecule has 0 saturated carbocycles. The Morgan fingerprint density at radius 1 is 1.33 bits per heavy atom. The molecule has 5 nitrogen and oxygen atoms in total. The summed E-state index contributed by atoms with van der Waals surface area (Å²) in [7, 11) is 0. The van der Waals surface area contributed by atoms with E-state index in [0.717, 1.165) is 12.1 Å². The first-order valence-corrected chi connectivity index (χ1v) is 7.33. The summed E-state index contributed by atoms with van der Waals surface area (Å²) in [6.45, 7) is 3.12. The molecule has 0 aliphatic rings. The van der Waals surface area contributed by atoms with Crippen molar-refractivity contribution in [1.82, 2.24) is 10.5 Å². The van der Waals surface area contributed by atoms with Crippen LogP contribution in [0.15, 0.2) is 28.8 Å². The second-order valence-electron chi connectivity index (χ2n) is 5.30. The fourth-order valence-corrected chi connectivity index (χ4v) is 2.19. The number of aliphatic hydroxyl groups is 1. The molecule has 0 aliphatic carbocycles. The minimum Gasteiger partial charge on any atom is -0.394 e. The summed E-state index contributed by atoms with van der Waals surface area (Å²) in [6.07, 6.45) is -3.91. The SMILES string of the molecule is CC[C@H](CO)NC(=O)c1c(-c2ccc(C(F)(F)F)cc2)noc1C. The molecule has 0 unspecified atom stereocenters.